The molecule has 1 fully saturated rings. The Morgan fingerprint density at radius 2 is 2.56 bits per heavy atom. The molecule has 1 heterocycles. The van der Waals surface area contributed by atoms with E-state index >= 15 is 0 Å². The maximum Gasteiger partial charge on any atom is 0.326 e. The molecule has 0 saturated heterocycles. The van der Waals surface area contributed by atoms with Crippen LogP contribution in [0.15, 0.2) is 12.4 Å². The van der Waals surface area contributed by atoms with Gasteiger partial charge in [0.1, 0.15) is 5.54 Å². The van der Waals surface area contributed by atoms with Crippen molar-refractivity contribution >= 4 is 28.6 Å². The minimum absolute atomic E-state index is 0.159. The Morgan fingerprint density at radius 3 is 3.11 bits per heavy atom. The molecule has 2 rings (SSSR count). The van der Waals surface area contributed by atoms with Gasteiger partial charge in [0.05, 0.1) is 22.9 Å². The zero-order chi connectivity index (χ0) is 13.2. The second-order valence-corrected chi connectivity index (χ2v) is 5.88. The van der Waals surface area contributed by atoms with E-state index in [9.17, 15) is 4.79 Å². The molecule has 1 N–H and O–H groups in total. The van der Waals surface area contributed by atoms with Gasteiger partial charge in [0.2, 0.25) is 0 Å². The van der Waals surface area contributed by atoms with Crippen LogP contribution in [-0.2, 0) is 9.53 Å². The molecule has 1 aliphatic carbocycles. The molecule has 5 nitrogen and oxygen atoms in total. The summed E-state index contributed by atoms with van der Waals surface area (Å²) in [5.74, 6) is -0.159. The zero-order valence-corrected chi connectivity index (χ0v) is 12.8. The summed E-state index contributed by atoms with van der Waals surface area (Å²) in [6, 6.07) is 0.270. The minimum Gasteiger partial charge on any atom is -0.468 e. The first-order valence-corrected chi connectivity index (χ1v) is 7.22. The van der Waals surface area contributed by atoms with E-state index in [1.54, 1.807) is 0 Å². The Bertz CT molecular complexity index is 435. The topological polar surface area (TPSA) is 56.1 Å². The highest BCUT2D eigenvalue weighted by Crippen LogP contribution is 2.38. The average molecular weight is 363 g/mol. The van der Waals surface area contributed by atoms with Crippen molar-refractivity contribution in [2.24, 2.45) is 0 Å². The number of nitrogens with one attached hydrogen (secondary N) is 1. The molecule has 0 spiro atoms. The second kappa shape index (κ2) is 5.56. The summed E-state index contributed by atoms with van der Waals surface area (Å²) in [4.78, 5) is 12.0. The van der Waals surface area contributed by atoms with Gasteiger partial charge in [-0.05, 0) is 48.4 Å². The van der Waals surface area contributed by atoms with Crippen LogP contribution in [0.5, 0.6) is 0 Å². The molecule has 0 amide bonds. The largest absolute Gasteiger partial charge is 0.468 e. The SMILES string of the molecule is CCNC1(C(=O)OC)CCC(n2cc(I)cn2)C1. The third-order valence-corrected chi connectivity index (χ3v) is 4.08. The molecule has 0 aliphatic heterocycles. The smallest absolute Gasteiger partial charge is 0.326 e. The van der Waals surface area contributed by atoms with Crippen molar-refractivity contribution in [3.05, 3.63) is 16.0 Å². The van der Waals surface area contributed by atoms with E-state index in [2.05, 4.69) is 33.0 Å². The van der Waals surface area contributed by atoms with Crippen molar-refractivity contribution in [3.63, 3.8) is 0 Å². The number of nitrogens with zero attached hydrogens (tertiary/aromatic N) is 2. The van der Waals surface area contributed by atoms with Gasteiger partial charge in [0.25, 0.3) is 0 Å². The average Bonchev–Trinajstić information content (AvgIpc) is 2.96. The quantitative estimate of drug-likeness (QED) is 0.654. The molecule has 18 heavy (non-hydrogen) atoms. The Hall–Kier alpha value is -0.630. The van der Waals surface area contributed by atoms with Gasteiger partial charge in [-0.25, -0.2) is 0 Å². The number of carbonyl (C=O) groups excluding carboxylic acids is 1. The van der Waals surface area contributed by atoms with Gasteiger partial charge in [-0.3, -0.25) is 9.48 Å². The molecule has 0 radical (unpaired) electrons. The number of hydrogen-bond acceptors (Lipinski definition) is 4. The monoisotopic (exact) mass is 363 g/mol. The molecular weight excluding hydrogens is 345 g/mol. The number of hydrogen-bond donors (Lipinski definition) is 1. The zero-order valence-electron chi connectivity index (χ0n) is 10.6. The number of rotatable bonds is 4. The van der Waals surface area contributed by atoms with Crippen LogP contribution in [0, 0.1) is 3.57 Å². The van der Waals surface area contributed by atoms with Gasteiger partial charge >= 0.3 is 5.97 Å². The molecular formula is C12H18IN3O2. The fourth-order valence-corrected chi connectivity index (χ4v) is 3.12. The van der Waals surface area contributed by atoms with Gasteiger partial charge in [0, 0.05) is 6.20 Å². The molecule has 1 saturated carbocycles. The lowest BCUT2D eigenvalue weighted by molar-refractivity contribution is -0.148. The molecule has 1 aromatic heterocycles. The fraction of sp³-hybridized carbons (Fsp3) is 0.667. The third-order valence-electron chi connectivity index (χ3n) is 3.52. The van der Waals surface area contributed by atoms with Gasteiger partial charge in [-0.15, -0.1) is 0 Å². The van der Waals surface area contributed by atoms with Crippen LogP contribution in [0.25, 0.3) is 0 Å². The molecule has 6 heteroatoms. The van der Waals surface area contributed by atoms with E-state index in [4.69, 9.17) is 4.74 Å². The summed E-state index contributed by atoms with van der Waals surface area (Å²) < 4.78 is 8.03. The Labute approximate surface area is 120 Å². The number of aromatic nitrogens is 2. The summed E-state index contributed by atoms with van der Waals surface area (Å²) in [7, 11) is 1.45. The van der Waals surface area contributed by atoms with E-state index in [0.29, 0.717) is 0 Å². The van der Waals surface area contributed by atoms with Crippen molar-refractivity contribution in [2.45, 2.75) is 37.8 Å². The number of likely N-dealkylation sites (N-methyl/N-ethyl adjacent to an activating group) is 1. The lowest BCUT2D eigenvalue weighted by Crippen LogP contribution is -2.50. The molecule has 1 aliphatic rings. The standard InChI is InChI=1S/C12H18IN3O2/c1-3-14-12(11(17)18-2)5-4-10(6-12)16-8-9(13)7-15-16/h7-8,10,14H,3-6H2,1-2H3. The Kier molecular flexibility index (Phi) is 4.26. The highest BCUT2D eigenvalue weighted by Gasteiger charge is 2.46. The van der Waals surface area contributed by atoms with Crippen LogP contribution < -0.4 is 5.32 Å². The lowest BCUT2D eigenvalue weighted by atomic mass is 9.97. The van der Waals surface area contributed by atoms with Crippen LogP contribution in [0.1, 0.15) is 32.2 Å². The number of ether oxygens (including phenoxy) is 1. The van der Waals surface area contributed by atoms with Gasteiger partial charge < -0.3 is 10.1 Å². The van der Waals surface area contributed by atoms with Crippen LogP contribution in [0.4, 0.5) is 0 Å². The summed E-state index contributed by atoms with van der Waals surface area (Å²) in [6.07, 6.45) is 6.34. The second-order valence-electron chi connectivity index (χ2n) is 4.64. The maximum atomic E-state index is 12.0. The fourth-order valence-electron chi connectivity index (χ4n) is 2.71. The highest BCUT2D eigenvalue weighted by molar-refractivity contribution is 14.1. The van der Waals surface area contributed by atoms with E-state index in [-0.39, 0.29) is 12.0 Å². The highest BCUT2D eigenvalue weighted by atomic mass is 127. The van der Waals surface area contributed by atoms with E-state index in [0.717, 1.165) is 29.4 Å². The molecule has 0 bridgehead atoms. The summed E-state index contributed by atoms with van der Waals surface area (Å²) in [6.45, 7) is 2.77. The predicted molar refractivity (Wildman–Crippen MR) is 76.3 cm³/mol. The predicted octanol–water partition coefficient (Wildman–Crippen LogP) is 1.73. The number of esters is 1. The Morgan fingerprint density at radius 1 is 1.78 bits per heavy atom. The molecule has 100 valence electrons. The Balaban J connectivity index is 2.15. The summed E-state index contributed by atoms with van der Waals surface area (Å²) in [5, 5.41) is 7.64. The van der Waals surface area contributed by atoms with E-state index in [1.165, 1.54) is 7.11 Å². The van der Waals surface area contributed by atoms with Crippen molar-refractivity contribution in [1.29, 1.82) is 0 Å². The normalized spacial score (nSPS) is 27.4. The van der Waals surface area contributed by atoms with E-state index < -0.39 is 5.54 Å². The van der Waals surface area contributed by atoms with Crippen LogP contribution in [0.3, 0.4) is 0 Å². The number of carbonyl (C=O) groups is 1. The van der Waals surface area contributed by atoms with Crippen LogP contribution in [0.2, 0.25) is 0 Å². The summed E-state index contributed by atoms with van der Waals surface area (Å²) in [5.41, 5.74) is -0.536. The third kappa shape index (κ3) is 2.54. The minimum atomic E-state index is -0.536. The van der Waals surface area contributed by atoms with Gasteiger partial charge in [-0.1, -0.05) is 6.92 Å². The summed E-state index contributed by atoms with van der Waals surface area (Å²) >= 11 is 2.24. The number of methoxy groups -OCH3 is 1. The first kappa shape index (κ1) is 13.8. The van der Waals surface area contributed by atoms with Crippen LogP contribution in [-0.4, -0.2) is 34.9 Å². The number of halogens is 1. The molecule has 1 aromatic rings. The van der Waals surface area contributed by atoms with Crippen molar-refractivity contribution in [2.75, 3.05) is 13.7 Å². The molecule has 2 atom stereocenters. The van der Waals surface area contributed by atoms with Crippen molar-refractivity contribution in [3.8, 4) is 0 Å². The van der Waals surface area contributed by atoms with Crippen molar-refractivity contribution in [1.82, 2.24) is 15.1 Å². The van der Waals surface area contributed by atoms with Gasteiger partial charge in [0.15, 0.2) is 0 Å². The molecule has 0 aromatic carbocycles. The van der Waals surface area contributed by atoms with E-state index in [1.807, 2.05) is 24.0 Å². The first-order chi connectivity index (χ1) is 8.61. The lowest BCUT2D eigenvalue weighted by Gasteiger charge is -2.27. The van der Waals surface area contributed by atoms with Crippen molar-refractivity contribution < 1.29 is 9.53 Å². The first-order valence-electron chi connectivity index (χ1n) is 6.14. The maximum absolute atomic E-state index is 12.0. The van der Waals surface area contributed by atoms with Gasteiger partial charge in [-0.2, -0.15) is 5.10 Å². The van der Waals surface area contributed by atoms with Crippen LogP contribution >= 0.6 is 22.6 Å². The molecule has 2 unspecified atom stereocenters.